The molecule has 4 nitrogen and oxygen atoms in total. The van der Waals surface area contributed by atoms with Crippen LogP contribution in [0.1, 0.15) is 60.0 Å². The van der Waals surface area contributed by atoms with Gasteiger partial charge in [-0.05, 0) is 19.8 Å². The first-order valence-corrected chi connectivity index (χ1v) is 5.87. The molecule has 0 amide bonds. The van der Waals surface area contributed by atoms with Crippen LogP contribution in [0.3, 0.4) is 0 Å². The summed E-state index contributed by atoms with van der Waals surface area (Å²) in [5.74, 6) is 0.279. The van der Waals surface area contributed by atoms with Crippen molar-refractivity contribution in [1.82, 2.24) is 9.55 Å². The minimum absolute atomic E-state index is 0.347. The summed E-state index contributed by atoms with van der Waals surface area (Å²) in [5, 5.41) is 9.23. The minimum Gasteiger partial charge on any atom is -0.477 e. The van der Waals surface area contributed by atoms with Gasteiger partial charge < -0.3 is 9.67 Å². The SMILES string of the molecule is Cc1nc(C2CCCCC2)c(C(=O)O)n1C. The fourth-order valence-electron chi connectivity index (χ4n) is 2.55. The Morgan fingerprint density at radius 1 is 1.38 bits per heavy atom. The Labute approximate surface area is 95.3 Å². The highest BCUT2D eigenvalue weighted by Crippen LogP contribution is 2.33. The maximum absolute atomic E-state index is 11.2. The summed E-state index contributed by atoms with van der Waals surface area (Å²) < 4.78 is 1.69. The lowest BCUT2D eigenvalue weighted by molar-refractivity contribution is 0.0684. The molecule has 1 N–H and O–H groups in total. The molecule has 0 bridgehead atoms. The number of aryl methyl sites for hydroxylation is 1. The van der Waals surface area contributed by atoms with Gasteiger partial charge in [-0.2, -0.15) is 0 Å². The molecule has 1 aromatic heterocycles. The monoisotopic (exact) mass is 222 g/mol. The topological polar surface area (TPSA) is 55.1 Å². The van der Waals surface area contributed by atoms with E-state index in [9.17, 15) is 9.90 Å². The number of imidazole rings is 1. The Morgan fingerprint density at radius 2 is 2.00 bits per heavy atom. The van der Waals surface area contributed by atoms with Crippen molar-refractivity contribution in [2.75, 3.05) is 0 Å². The smallest absolute Gasteiger partial charge is 0.354 e. The number of aromatic nitrogens is 2. The molecule has 0 spiro atoms. The molecule has 1 aromatic rings. The van der Waals surface area contributed by atoms with E-state index in [0.29, 0.717) is 11.6 Å². The van der Waals surface area contributed by atoms with Gasteiger partial charge in [-0.3, -0.25) is 0 Å². The van der Waals surface area contributed by atoms with Crippen molar-refractivity contribution in [3.8, 4) is 0 Å². The van der Waals surface area contributed by atoms with Crippen LogP contribution >= 0.6 is 0 Å². The molecule has 1 saturated carbocycles. The molecule has 1 fully saturated rings. The van der Waals surface area contributed by atoms with Crippen molar-refractivity contribution in [3.05, 3.63) is 17.2 Å². The van der Waals surface area contributed by atoms with Crippen LogP contribution in [0.25, 0.3) is 0 Å². The predicted octanol–water partition coefficient (Wildman–Crippen LogP) is 2.47. The zero-order chi connectivity index (χ0) is 11.7. The van der Waals surface area contributed by atoms with E-state index in [1.54, 1.807) is 11.6 Å². The summed E-state index contributed by atoms with van der Waals surface area (Å²) in [6, 6.07) is 0. The van der Waals surface area contributed by atoms with Crippen molar-refractivity contribution in [1.29, 1.82) is 0 Å². The molecule has 0 aliphatic heterocycles. The first-order chi connectivity index (χ1) is 7.61. The van der Waals surface area contributed by atoms with Gasteiger partial charge in [0.1, 0.15) is 5.82 Å². The van der Waals surface area contributed by atoms with Crippen LogP contribution in [0.5, 0.6) is 0 Å². The number of rotatable bonds is 2. The average Bonchev–Trinajstić information content (AvgIpc) is 2.57. The standard InChI is InChI=1S/C12H18N2O2/c1-8-13-10(9-6-4-3-5-7-9)11(12(15)16)14(8)2/h9H,3-7H2,1-2H3,(H,15,16). The molecular formula is C12H18N2O2. The van der Waals surface area contributed by atoms with Crippen molar-refractivity contribution < 1.29 is 9.90 Å². The first kappa shape index (κ1) is 11.2. The van der Waals surface area contributed by atoms with Crippen LogP contribution in [-0.4, -0.2) is 20.6 Å². The third kappa shape index (κ3) is 1.84. The van der Waals surface area contributed by atoms with Crippen molar-refractivity contribution in [2.45, 2.75) is 44.9 Å². The number of carboxylic acids is 1. The van der Waals surface area contributed by atoms with Crippen LogP contribution in [-0.2, 0) is 7.05 Å². The zero-order valence-corrected chi connectivity index (χ0v) is 9.86. The highest BCUT2D eigenvalue weighted by atomic mass is 16.4. The Hall–Kier alpha value is -1.32. The minimum atomic E-state index is -0.858. The number of hydrogen-bond acceptors (Lipinski definition) is 2. The highest BCUT2D eigenvalue weighted by molar-refractivity contribution is 5.87. The number of aromatic carboxylic acids is 1. The third-order valence-corrected chi connectivity index (χ3v) is 3.54. The fourth-order valence-corrected chi connectivity index (χ4v) is 2.55. The molecule has 0 aromatic carbocycles. The van der Waals surface area contributed by atoms with E-state index in [2.05, 4.69) is 4.98 Å². The van der Waals surface area contributed by atoms with E-state index in [-0.39, 0.29) is 0 Å². The average molecular weight is 222 g/mol. The summed E-state index contributed by atoms with van der Waals surface area (Å²) >= 11 is 0. The Bertz CT molecular complexity index is 403. The van der Waals surface area contributed by atoms with Crippen LogP contribution in [0, 0.1) is 6.92 Å². The van der Waals surface area contributed by atoms with Gasteiger partial charge in [-0.15, -0.1) is 0 Å². The van der Waals surface area contributed by atoms with Gasteiger partial charge in [0, 0.05) is 13.0 Å². The molecule has 2 rings (SSSR count). The number of carbonyl (C=O) groups is 1. The van der Waals surface area contributed by atoms with E-state index in [4.69, 9.17) is 0 Å². The second-order valence-electron chi connectivity index (χ2n) is 4.59. The lowest BCUT2D eigenvalue weighted by atomic mass is 9.86. The van der Waals surface area contributed by atoms with E-state index in [1.165, 1.54) is 19.3 Å². The van der Waals surface area contributed by atoms with Crippen molar-refractivity contribution in [2.24, 2.45) is 7.05 Å². The third-order valence-electron chi connectivity index (χ3n) is 3.54. The van der Waals surface area contributed by atoms with Crippen LogP contribution in [0.2, 0.25) is 0 Å². The van der Waals surface area contributed by atoms with Gasteiger partial charge in [-0.1, -0.05) is 19.3 Å². The van der Waals surface area contributed by atoms with Gasteiger partial charge in [0.15, 0.2) is 5.69 Å². The van der Waals surface area contributed by atoms with Gasteiger partial charge in [0.05, 0.1) is 5.69 Å². The molecule has 88 valence electrons. The molecular weight excluding hydrogens is 204 g/mol. The molecule has 0 atom stereocenters. The van der Waals surface area contributed by atoms with Gasteiger partial charge in [-0.25, -0.2) is 9.78 Å². The molecule has 16 heavy (non-hydrogen) atoms. The molecule has 0 saturated heterocycles. The fraction of sp³-hybridized carbons (Fsp3) is 0.667. The maximum atomic E-state index is 11.2. The molecule has 1 aliphatic rings. The summed E-state index contributed by atoms with van der Waals surface area (Å²) in [4.78, 5) is 15.7. The van der Waals surface area contributed by atoms with Gasteiger partial charge in [0.2, 0.25) is 0 Å². The van der Waals surface area contributed by atoms with Crippen LogP contribution in [0.15, 0.2) is 0 Å². The lowest BCUT2D eigenvalue weighted by Gasteiger charge is -2.20. The van der Waals surface area contributed by atoms with E-state index < -0.39 is 5.97 Å². The normalized spacial score (nSPS) is 17.6. The van der Waals surface area contributed by atoms with Crippen LogP contribution in [0.4, 0.5) is 0 Å². The summed E-state index contributed by atoms with van der Waals surface area (Å²) in [6.07, 6.45) is 5.82. The maximum Gasteiger partial charge on any atom is 0.354 e. The lowest BCUT2D eigenvalue weighted by Crippen LogP contribution is -2.12. The molecule has 0 radical (unpaired) electrons. The van der Waals surface area contributed by atoms with Gasteiger partial charge in [0.25, 0.3) is 0 Å². The summed E-state index contributed by atoms with van der Waals surface area (Å²) in [5.41, 5.74) is 1.18. The number of hydrogen-bond donors (Lipinski definition) is 1. The Balaban J connectivity index is 2.38. The number of nitrogens with zero attached hydrogens (tertiary/aromatic N) is 2. The Kier molecular flexibility index (Phi) is 2.99. The largest absolute Gasteiger partial charge is 0.477 e. The predicted molar refractivity (Wildman–Crippen MR) is 60.7 cm³/mol. The van der Waals surface area contributed by atoms with E-state index >= 15 is 0 Å². The summed E-state index contributed by atoms with van der Waals surface area (Å²) in [6.45, 7) is 1.86. The van der Waals surface area contributed by atoms with Crippen LogP contribution < -0.4 is 0 Å². The second-order valence-corrected chi connectivity index (χ2v) is 4.59. The highest BCUT2D eigenvalue weighted by Gasteiger charge is 2.26. The molecule has 1 heterocycles. The van der Waals surface area contributed by atoms with E-state index in [1.807, 2.05) is 6.92 Å². The summed E-state index contributed by atoms with van der Waals surface area (Å²) in [7, 11) is 1.78. The quantitative estimate of drug-likeness (QED) is 0.836. The molecule has 1 aliphatic carbocycles. The second kappa shape index (κ2) is 4.28. The Morgan fingerprint density at radius 3 is 2.56 bits per heavy atom. The molecule has 0 unspecified atom stereocenters. The van der Waals surface area contributed by atoms with Crippen molar-refractivity contribution in [3.63, 3.8) is 0 Å². The van der Waals surface area contributed by atoms with Crippen molar-refractivity contribution >= 4 is 5.97 Å². The van der Waals surface area contributed by atoms with E-state index in [0.717, 1.165) is 24.4 Å². The number of carboxylic acid groups (broad SMARTS) is 1. The zero-order valence-electron chi connectivity index (χ0n) is 9.86. The van der Waals surface area contributed by atoms with Gasteiger partial charge >= 0.3 is 5.97 Å². The molecule has 4 heteroatoms. The first-order valence-electron chi connectivity index (χ1n) is 5.87.